The first-order chi connectivity index (χ1) is 6.86. The van der Waals surface area contributed by atoms with E-state index in [0.29, 0.717) is 19.6 Å². The Hall–Kier alpha value is -1.20. The molecule has 0 aliphatic carbocycles. The van der Waals surface area contributed by atoms with Crippen molar-refractivity contribution in [3.8, 4) is 0 Å². The topological polar surface area (TPSA) is 73.1 Å². The molecule has 0 fully saturated rings. The number of hydrogen-bond acceptors (Lipinski definition) is 5. The Kier molecular flexibility index (Phi) is 4.88. The standard InChI is InChI=1S/C9H16N4O/c1-14-7-6-12-9-3-5-11-8(13-9)2-4-10/h3,5H,2,4,6-7,10H2,1H3,(H,11,12,13). The van der Waals surface area contributed by atoms with Gasteiger partial charge >= 0.3 is 0 Å². The van der Waals surface area contributed by atoms with Gasteiger partial charge in [-0.15, -0.1) is 0 Å². The molecular formula is C9H16N4O. The normalized spacial score (nSPS) is 10.1. The number of aromatic nitrogens is 2. The SMILES string of the molecule is COCCNc1ccnc(CCN)n1. The van der Waals surface area contributed by atoms with Crippen LogP contribution in [0.4, 0.5) is 5.82 Å². The minimum atomic E-state index is 0.571. The van der Waals surface area contributed by atoms with Gasteiger partial charge < -0.3 is 15.8 Å². The van der Waals surface area contributed by atoms with Crippen molar-refractivity contribution in [2.45, 2.75) is 6.42 Å². The summed E-state index contributed by atoms with van der Waals surface area (Å²) in [6, 6.07) is 1.83. The van der Waals surface area contributed by atoms with E-state index in [2.05, 4.69) is 15.3 Å². The summed E-state index contributed by atoms with van der Waals surface area (Å²) >= 11 is 0. The Bertz CT molecular complexity index is 267. The number of nitrogens with zero attached hydrogens (tertiary/aromatic N) is 2. The summed E-state index contributed by atoms with van der Waals surface area (Å²) in [6.07, 6.45) is 2.44. The molecule has 78 valence electrons. The molecule has 3 N–H and O–H groups in total. The zero-order valence-corrected chi connectivity index (χ0v) is 8.36. The van der Waals surface area contributed by atoms with Gasteiger partial charge in [-0.1, -0.05) is 0 Å². The van der Waals surface area contributed by atoms with Crippen molar-refractivity contribution in [1.82, 2.24) is 9.97 Å². The maximum absolute atomic E-state index is 5.41. The summed E-state index contributed by atoms with van der Waals surface area (Å²) in [7, 11) is 1.67. The van der Waals surface area contributed by atoms with Crippen molar-refractivity contribution >= 4 is 5.82 Å². The van der Waals surface area contributed by atoms with E-state index in [1.165, 1.54) is 0 Å². The van der Waals surface area contributed by atoms with Gasteiger partial charge in [-0.25, -0.2) is 9.97 Å². The minimum Gasteiger partial charge on any atom is -0.383 e. The molecule has 0 saturated carbocycles. The van der Waals surface area contributed by atoms with Gasteiger partial charge in [0.05, 0.1) is 6.61 Å². The number of hydrogen-bond donors (Lipinski definition) is 2. The van der Waals surface area contributed by atoms with E-state index in [1.54, 1.807) is 13.3 Å². The first kappa shape index (κ1) is 10.9. The van der Waals surface area contributed by atoms with Crippen molar-refractivity contribution in [2.24, 2.45) is 5.73 Å². The quantitative estimate of drug-likeness (QED) is 0.628. The van der Waals surface area contributed by atoms with Crippen LogP contribution in [0, 0.1) is 0 Å². The summed E-state index contributed by atoms with van der Waals surface area (Å²) in [5, 5.41) is 3.13. The highest BCUT2D eigenvalue weighted by atomic mass is 16.5. The van der Waals surface area contributed by atoms with Crippen molar-refractivity contribution in [2.75, 3.05) is 32.1 Å². The second-order valence-electron chi connectivity index (χ2n) is 2.82. The molecule has 1 aromatic heterocycles. The molecule has 0 amide bonds. The minimum absolute atomic E-state index is 0.571. The van der Waals surface area contributed by atoms with E-state index in [-0.39, 0.29) is 0 Å². The van der Waals surface area contributed by atoms with Crippen molar-refractivity contribution < 1.29 is 4.74 Å². The molecule has 14 heavy (non-hydrogen) atoms. The molecule has 0 aromatic carbocycles. The third kappa shape index (κ3) is 3.68. The lowest BCUT2D eigenvalue weighted by atomic mass is 10.4. The van der Waals surface area contributed by atoms with Gasteiger partial charge in [0, 0.05) is 26.3 Å². The molecule has 0 aliphatic heterocycles. The maximum Gasteiger partial charge on any atom is 0.131 e. The number of nitrogens with one attached hydrogen (secondary N) is 1. The van der Waals surface area contributed by atoms with Crippen LogP contribution in [0.2, 0.25) is 0 Å². The van der Waals surface area contributed by atoms with Crippen molar-refractivity contribution in [3.63, 3.8) is 0 Å². The first-order valence-electron chi connectivity index (χ1n) is 4.61. The Morgan fingerprint density at radius 2 is 2.43 bits per heavy atom. The van der Waals surface area contributed by atoms with Gasteiger partial charge in [0.15, 0.2) is 0 Å². The van der Waals surface area contributed by atoms with Gasteiger partial charge in [-0.05, 0) is 12.6 Å². The average molecular weight is 196 g/mol. The van der Waals surface area contributed by atoms with Crippen LogP contribution in [-0.4, -0.2) is 36.8 Å². The third-order valence-electron chi connectivity index (χ3n) is 1.69. The smallest absolute Gasteiger partial charge is 0.131 e. The van der Waals surface area contributed by atoms with Crippen LogP contribution in [-0.2, 0) is 11.2 Å². The molecule has 0 unspecified atom stereocenters. The summed E-state index contributed by atoms with van der Waals surface area (Å²) in [5.41, 5.74) is 5.41. The molecule has 1 heterocycles. The van der Waals surface area contributed by atoms with Crippen LogP contribution in [0.5, 0.6) is 0 Å². The second-order valence-corrected chi connectivity index (χ2v) is 2.82. The Morgan fingerprint density at radius 1 is 1.57 bits per heavy atom. The third-order valence-corrected chi connectivity index (χ3v) is 1.69. The molecule has 0 aliphatic rings. The molecule has 0 radical (unpaired) electrons. The molecule has 0 saturated heterocycles. The second kappa shape index (κ2) is 6.28. The average Bonchev–Trinajstić information content (AvgIpc) is 2.19. The van der Waals surface area contributed by atoms with Crippen LogP contribution >= 0.6 is 0 Å². The van der Waals surface area contributed by atoms with E-state index in [4.69, 9.17) is 10.5 Å². The van der Waals surface area contributed by atoms with Gasteiger partial charge in [0.25, 0.3) is 0 Å². The van der Waals surface area contributed by atoms with Gasteiger partial charge in [-0.2, -0.15) is 0 Å². The van der Waals surface area contributed by atoms with Crippen molar-refractivity contribution in [1.29, 1.82) is 0 Å². The number of ether oxygens (including phenoxy) is 1. The van der Waals surface area contributed by atoms with E-state index in [0.717, 1.165) is 18.2 Å². The monoisotopic (exact) mass is 196 g/mol. The number of methoxy groups -OCH3 is 1. The number of nitrogens with two attached hydrogens (primary N) is 1. The molecule has 0 bridgehead atoms. The highest BCUT2D eigenvalue weighted by molar-refractivity contribution is 5.32. The zero-order chi connectivity index (χ0) is 10.2. The highest BCUT2D eigenvalue weighted by Gasteiger charge is 1.97. The zero-order valence-electron chi connectivity index (χ0n) is 8.36. The lowest BCUT2D eigenvalue weighted by Gasteiger charge is -2.05. The predicted octanol–water partition coefficient (Wildman–Crippen LogP) is 0.0361. The molecule has 1 rings (SSSR count). The lowest BCUT2D eigenvalue weighted by Crippen LogP contribution is -2.11. The van der Waals surface area contributed by atoms with Crippen LogP contribution in [0.25, 0.3) is 0 Å². The fourth-order valence-electron chi connectivity index (χ4n) is 1.03. The molecule has 5 nitrogen and oxygen atoms in total. The van der Waals surface area contributed by atoms with Gasteiger partial charge in [-0.3, -0.25) is 0 Å². The fourth-order valence-corrected chi connectivity index (χ4v) is 1.03. The van der Waals surface area contributed by atoms with Crippen LogP contribution in [0.15, 0.2) is 12.3 Å². The van der Waals surface area contributed by atoms with Crippen LogP contribution in [0.1, 0.15) is 5.82 Å². The first-order valence-corrected chi connectivity index (χ1v) is 4.61. The Balaban J connectivity index is 2.46. The largest absolute Gasteiger partial charge is 0.383 e. The highest BCUT2D eigenvalue weighted by Crippen LogP contribution is 2.01. The van der Waals surface area contributed by atoms with E-state index < -0.39 is 0 Å². The number of anilines is 1. The molecule has 1 aromatic rings. The molecule has 0 atom stereocenters. The van der Waals surface area contributed by atoms with E-state index in [1.807, 2.05) is 6.07 Å². The summed E-state index contributed by atoms with van der Waals surface area (Å²) in [4.78, 5) is 8.37. The van der Waals surface area contributed by atoms with Crippen molar-refractivity contribution in [3.05, 3.63) is 18.1 Å². The molecule has 0 spiro atoms. The van der Waals surface area contributed by atoms with E-state index >= 15 is 0 Å². The van der Waals surface area contributed by atoms with Gasteiger partial charge in [0.2, 0.25) is 0 Å². The van der Waals surface area contributed by atoms with E-state index in [9.17, 15) is 0 Å². The molecular weight excluding hydrogens is 180 g/mol. The summed E-state index contributed by atoms with van der Waals surface area (Å²) < 4.78 is 4.92. The maximum atomic E-state index is 5.41. The van der Waals surface area contributed by atoms with Crippen LogP contribution in [0.3, 0.4) is 0 Å². The lowest BCUT2D eigenvalue weighted by molar-refractivity contribution is 0.210. The molecule has 5 heteroatoms. The fraction of sp³-hybridized carbons (Fsp3) is 0.556. The predicted molar refractivity (Wildman–Crippen MR) is 55.2 cm³/mol. The number of rotatable bonds is 6. The summed E-state index contributed by atoms with van der Waals surface area (Å²) in [6.45, 7) is 1.98. The van der Waals surface area contributed by atoms with Crippen LogP contribution < -0.4 is 11.1 Å². The van der Waals surface area contributed by atoms with Gasteiger partial charge in [0.1, 0.15) is 11.6 Å². The Labute approximate surface area is 83.7 Å². The Morgan fingerprint density at radius 3 is 3.14 bits per heavy atom. The summed E-state index contributed by atoms with van der Waals surface area (Å²) in [5.74, 6) is 1.59.